The van der Waals surface area contributed by atoms with Gasteiger partial charge in [-0.25, -0.2) is 4.79 Å². The lowest BCUT2D eigenvalue weighted by molar-refractivity contribution is 0.0525. The van der Waals surface area contributed by atoms with E-state index < -0.39 is 5.97 Å². The molecule has 2 aromatic heterocycles. The fourth-order valence-corrected chi connectivity index (χ4v) is 2.51. The third-order valence-corrected chi connectivity index (χ3v) is 3.54. The van der Waals surface area contributed by atoms with Crippen LogP contribution in [0, 0.1) is 6.92 Å². The van der Waals surface area contributed by atoms with Gasteiger partial charge < -0.3 is 13.8 Å². The first kappa shape index (κ1) is 13.4. The van der Waals surface area contributed by atoms with Crippen LogP contribution in [0.2, 0.25) is 0 Å². The zero-order valence-electron chi connectivity index (χ0n) is 12.2. The molecule has 0 saturated carbocycles. The van der Waals surface area contributed by atoms with Crippen LogP contribution in [-0.4, -0.2) is 22.3 Å². The Bertz CT molecular complexity index is 814. The van der Waals surface area contributed by atoms with Crippen molar-refractivity contribution >= 4 is 16.9 Å². The number of carbonyl (C=O) groups excluding carboxylic acids is 1. The van der Waals surface area contributed by atoms with Crippen molar-refractivity contribution in [1.82, 2.24) is 9.72 Å². The van der Waals surface area contributed by atoms with Gasteiger partial charge >= 0.3 is 5.97 Å². The SMILES string of the molecule is CCOC(=O)c1c(-c2cc3ccccc3n2C)noc1C. The van der Waals surface area contributed by atoms with Gasteiger partial charge in [-0.1, -0.05) is 23.4 Å². The van der Waals surface area contributed by atoms with E-state index in [1.807, 2.05) is 41.9 Å². The standard InChI is InChI=1S/C16H16N2O3/c1-4-20-16(19)14-10(2)21-17-15(14)13-9-11-7-5-6-8-12(11)18(13)3/h5-9H,4H2,1-3H3. The topological polar surface area (TPSA) is 57.3 Å². The van der Waals surface area contributed by atoms with Gasteiger partial charge in [-0.2, -0.15) is 0 Å². The molecule has 0 bridgehead atoms. The van der Waals surface area contributed by atoms with Gasteiger partial charge in [-0.05, 0) is 26.0 Å². The first-order valence-corrected chi connectivity index (χ1v) is 6.81. The van der Waals surface area contributed by atoms with Crippen LogP contribution in [0.1, 0.15) is 23.0 Å². The van der Waals surface area contributed by atoms with E-state index >= 15 is 0 Å². The van der Waals surface area contributed by atoms with E-state index in [0.717, 1.165) is 16.6 Å². The zero-order valence-corrected chi connectivity index (χ0v) is 12.2. The highest BCUT2D eigenvalue weighted by atomic mass is 16.5. The van der Waals surface area contributed by atoms with Crippen LogP contribution in [0.4, 0.5) is 0 Å². The van der Waals surface area contributed by atoms with E-state index in [2.05, 4.69) is 5.16 Å². The predicted octanol–water partition coefficient (Wildman–Crippen LogP) is 3.32. The molecule has 21 heavy (non-hydrogen) atoms. The summed E-state index contributed by atoms with van der Waals surface area (Å²) in [4.78, 5) is 12.1. The quantitative estimate of drug-likeness (QED) is 0.692. The van der Waals surface area contributed by atoms with Crippen LogP contribution in [0.5, 0.6) is 0 Å². The summed E-state index contributed by atoms with van der Waals surface area (Å²) in [5.41, 5.74) is 2.81. The molecule has 0 radical (unpaired) electrons. The Morgan fingerprint density at radius 3 is 2.86 bits per heavy atom. The van der Waals surface area contributed by atoms with Crippen LogP contribution in [-0.2, 0) is 11.8 Å². The van der Waals surface area contributed by atoms with Crippen LogP contribution in [0.3, 0.4) is 0 Å². The zero-order chi connectivity index (χ0) is 15.0. The van der Waals surface area contributed by atoms with Crippen molar-refractivity contribution < 1.29 is 14.1 Å². The minimum absolute atomic E-state index is 0.317. The molecule has 2 heterocycles. The average molecular weight is 284 g/mol. The number of nitrogens with zero attached hydrogens (tertiary/aromatic N) is 2. The number of para-hydroxylation sites is 1. The Labute approximate surface area is 122 Å². The molecular weight excluding hydrogens is 268 g/mol. The minimum Gasteiger partial charge on any atom is -0.462 e. The van der Waals surface area contributed by atoms with E-state index in [0.29, 0.717) is 23.6 Å². The largest absolute Gasteiger partial charge is 0.462 e. The normalized spacial score (nSPS) is 11.0. The average Bonchev–Trinajstić information content (AvgIpc) is 3.00. The summed E-state index contributed by atoms with van der Waals surface area (Å²) in [7, 11) is 1.94. The van der Waals surface area contributed by atoms with E-state index in [-0.39, 0.29) is 0 Å². The van der Waals surface area contributed by atoms with Crippen molar-refractivity contribution in [3.63, 3.8) is 0 Å². The van der Waals surface area contributed by atoms with Crippen LogP contribution in [0.15, 0.2) is 34.9 Å². The summed E-state index contributed by atoms with van der Waals surface area (Å²) >= 11 is 0. The smallest absolute Gasteiger partial charge is 0.344 e. The van der Waals surface area contributed by atoms with Crippen LogP contribution >= 0.6 is 0 Å². The number of hydrogen-bond donors (Lipinski definition) is 0. The molecular formula is C16H16N2O3. The lowest BCUT2D eigenvalue weighted by Crippen LogP contribution is -2.07. The first-order chi connectivity index (χ1) is 10.1. The second-order valence-electron chi connectivity index (χ2n) is 4.83. The number of rotatable bonds is 3. The summed E-state index contributed by atoms with van der Waals surface area (Å²) in [6.07, 6.45) is 0. The fraction of sp³-hybridized carbons (Fsp3) is 0.250. The molecule has 0 spiro atoms. The monoisotopic (exact) mass is 284 g/mol. The van der Waals surface area contributed by atoms with Crippen molar-refractivity contribution in [2.45, 2.75) is 13.8 Å². The molecule has 5 heteroatoms. The van der Waals surface area contributed by atoms with Crippen molar-refractivity contribution in [3.8, 4) is 11.4 Å². The van der Waals surface area contributed by atoms with Crippen LogP contribution in [0.25, 0.3) is 22.3 Å². The molecule has 3 aromatic rings. The maximum absolute atomic E-state index is 12.1. The first-order valence-electron chi connectivity index (χ1n) is 6.81. The molecule has 0 unspecified atom stereocenters. The number of esters is 1. The fourth-order valence-electron chi connectivity index (χ4n) is 2.51. The number of ether oxygens (including phenoxy) is 1. The second kappa shape index (κ2) is 5.09. The van der Waals surface area contributed by atoms with E-state index in [1.54, 1.807) is 13.8 Å². The van der Waals surface area contributed by atoms with Gasteiger partial charge in [0.25, 0.3) is 0 Å². The van der Waals surface area contributed by atoms with E-state index in [4.69, 9.17) is 9.26 Å². The molecule has 0 saturated heterocycles. The molecule has 0 aliphatic rings. The van der Waals surface area contributed by atoms with Gasteiger partial charge in [-0.15, -0.1) is 0 Å². The molecule has 0 amide bonds. The molecule has 3 rings (SSSR count). The van der Waals surface area contributed by atoms with Gasteiger partial charge in [0.2, 0.25) is 0 Å². The second-order valence-corrected chi connectivity index (χ2v) is 4.83. The Kier molecular flexibility index (Phi) is 3.25. The minimum atomic E-state index is -0.406. The summed E-state index contributed by atoms with van der Waals surface area (Å²) in [6.45, 7) is 3.81. The Balaban J connectivity index is 2.19. The maximum atomic E-state index is 12.1. The van der Waals surface area contributed by atoms with Gasteiger partial charge in [0.1, 0.15) is 17.0 Å². The van der Waals surface area contributed by atoms with Gasteiger partial charge in [0.05, 0.1) is 12.3 Å². The Morgan fingerprint density at radius 1 is 1.38 bits per heavy atom. The third-order valence-electron chi connectivity index (χ3n) is 3.54. The lowest BCUT2D eigenvalue weighted by Gasteiger charge is -2.04. The van der Waals surface area contributed by atoms with Crippen molar-refractivity contribution in [3.05, 3.63) is 41.7 Å². The van der Waals surface area contributed by atoms with Crippen molar-refractivity contribution in [1.29, 1.82) is 0 Å². The Hall–Kier alpha value is -2.56. The molecule has 0 fully saturated rings. The summed E-state index contributed by atoms with van der Waals surface area (Å²) < 4.78 is 12.3. The number of benzene rings is 1. The highest BCUT2D eigenvalue weighted by Crippen LogP contribution is 2.30. The molecule has 0 aliphatic carbocycles. The number of aromatic nitrogens is 2. The van der Waals surface area contributed by atoms with Crippen LogP contribution < -0.4 is 0 Å². The highest BCUT2D eigenvalue weighted by molar-refractivity contribution is 5.98. The van der Waals surface area contributed by atoms with Crippen molar-refractivity contribution in [2.24, 2.45) is 7.05 Å². The predicted molar refractivity (Wildman–Crippen MR) is 79.1 cm³/mol. The molecule has 108 valence electrons. The van der Waals surface area contributed by atoms with Crippen molar-refractivity contribution in [2.75, 3.05) is 6.61 Å². The Morgan fingerprint density at radius 2 is 2.14 bits per heavy atom. The molecule has 1 aromatic carbocycles. The van der Waals surface area contributed by atoms with E-state index in [1.165, 1.54) is 0 Å². The van der Waals surface area contributed by atoms with Gasteiger partial charge in [0, 0.05) is 18.0 Å². The summed E-state index contributed by atoms with van der Waals surface area (Å²) in [5, 5.41) is 5.14. The number of carbonyl (C=O) groups is 1. The summed E-state index contributed by atoms with van der Waals surface area (Å²) in [6, 6.07) is 10.00. The van der Waals surface area contributed by atoms with Gasteiger partial charge in [0.15, 0.2) is 0 Å². The maximum Gasteiger partial charge on any atom is 0.344 e. The molecule has 0 N–H and O–H groups in total. The third kappa shape index (κ3) is 2.11. The number of fused-ring (bicyclic) bond motifs is 1. The lowest BCUT2D eigenvalue weighted by atomic mass is 10.1. The highest BCUT2D eigenvalue weighted by Gasteiger charge is 2.24. The summed E-state index contributed by atoms with van der Waals surface area (Å²) in [5.74, 6) is 0.0604. The van der Waals surface area contributed by atoms with E-state index in [9.17, 15) is 4.79 Å². The number of aryl methyl sites for hydroxylation is 2. The van der Waals surface area contributed by atoms with Gasteiger partial charge in [-0.3, -0.25) is 0 Å². The number of hydrogen-bond acceptors (Lipinski definition) is 4. The molecule has 0 atom stereocenters. The molecule has 5 nitrogen and oxygen atoms in total. The molecule has 0 aliphatic heterocycles.